The van der Waals surface area contributed by atoms with E-state index in [2.05, 4.69) is 4.98 Å². The van der Waals surface area contributed by atoms with Crippen LogP contribution < -0.4 is 9.47 Å². The summed E-state index contributed by atoms with van der Waals surface area (Å²) in [6, 6.07) is 5.78. The number of aryl methyl sites for hydroxylation is 1. The fourth-order valence-electron chi connectivity index (χ4n) is 2.72. The van der Waals surface area contributed by atoms with E-state index in [0.29, 0.717) is 13.2 Å². The first-order valence-corrected chi connectivity index (χ1v) is 8.11. The van der Waals surface area contributed by atoms with E-state index < -0.39 is 0 Å². The van der Waals surface area contributed by atoms with Crippen molar-refractivity contribution in [2.24, 2.45) is 0 Å². The summed E-state index contributed by atoms with van der Waals surface area (Å²) >= 11 is 0. The van der Waals surface area contributed by atoms with Crippen LogP contribution in [0.4, 0.5) is 0 Å². The van der Waals surface area contributed by atoms with Crippen LogP contribution in [-0.4, -0.2) is 40.6 Å². The monoisotopic (exact) mass is 329 g/mol. The number of carbonyl (C=O) groups is 1. The van der Waals surface area contributed by atoms with E-state index >= 15 is 0 Å². The van der Waals surface area contributed by atoms with E-state index in [1.807, 2.05) is 50.6 Å². The summed E-state index contributed by atoms with van der Waals surface area (Å²) < 4.78 is 13.1. The zero-order chi connectivity index (χ0) is 17.3. The third-order valence-electron chi connectivity index (χ3n) is 4.67. The predicted molar refractivity (Wildman–Crippen MR) is 90.3 cm³/mol. The Kier molecular flexibility index (Phi) is 4.46. The summed E-state index contributed by atoms with van der Waals surface area (Å²) in [5.41, 5.74) is 2.99. The van der Waals surface area contributed by atoms with Gasteiger partial charge in [0.2, 0.25) is 5.91 Å². The van der Waals surface area contributed by atoms with E-state index in [4.69, 9.17) is 9.47 Å². The molecule has 1 unspecified atom stereocenters. The van der Waals surface area contributed by atoms with Gasteiger partial charge in [0, 0.05) is 12.7 Å². The molecule has 2 aromatic rings. The van der Waals surface area contributed by atoms with Gasteiger partial charge in [-0.2, -0.15) is 0 Å². The number of hydrogen-bond donors (Lipinski definition) is 0. The molecule has 0 N–H and O–H groups in total. The molecule has 0 bridgehead atoms. The van der Waals surface area contributed by atoms with Crippen molar-refractivity contribution in [3.63, 3.8) is 0 Å². The minimum Gasteiger partial charge on any atom is -0.486 e. The van der Waals surface area contributed by atoms with Gasteiger partial charge in [-0.25, -0.2) is 4.98 Å². The van der Waals surface area contributed by atoms with Gasteiger partial charge in [-0.1, -0.05) is 6.07 Å². The second-order valence-electron chi connectivity index (χ2n) is 6.13. The van der Waals surface area contributed by atoms with Crippen LogP contribution in [0.2, 0.25) is 0 Å². The lowest BCUT2D eigenvalue weighted by Gasteiger charge is -2.27. The number of likely N-dealkylation sites (N-methyl/N-ethyl adjacent to an activating group) is 1. The molecule has 1 aliphatic rings. The quantitative estimate of drug-likeness (QED) is 0.865. The molecule has 1 aromatic heterocycles. The van der Waals surface area contributed by atoms with Gasteiger partial charge in [-0.05, 0) is 38.5 Å². The molecule has 1 aromatic carbocycles. The Morgan fingerprint density at radius 3 is 2.67 bits per heavy atom. The Bertz CT molecular complexity index is 754. The molecule has 0 fully saturated rings. The molecule has 128 valence electrons. The third kappa shape index (κ3) is 3.09. The van der Waals surface area contributed by atoms with Crippen LogP contribution in [0.25, 0.3) is 0 Å². The molecule has 0 radical (unpaired) electrons. The van der Waals surface area contributed by atoms with E-state index in [0.717, 1.165) is 28.5 Å². The lowest BCUT2D eigenvalue weighted by atomic mass is 10.1. The number of amides is 1. The highest BCUT2D eigenvalue weighted by molar-refractivity contribution is 5.76. The van der Waals surface area contributed by atoms with Crippen molar-refractivity contribution < 1.29 is 14.3 Å². The molecule has 1 amide bonds. The molecule has 6 nitrogen and oxygen atoms in total. The molecule has 0 aliphatic carbocycles. The second-order valence-corrected chi connectivity index (χ2v) is 6.13. The fourth-order valence-corrected chi connectivity index (χ4v) is 2.72. The lowest BCUT2D eigenvalue weighted by Crippen LogP contribution is -2.32. The standard InChI is InChI=1S/C18H23N3O3/c1-12-13(2)21(11-19-12)10-18(22)20(4)14(3)15-5-6-16-17(9-15)24-8-7-23-16/h5-6,9,11,14H,7-8,10H2,1-4H3. The van der Waals surface area contributed by atoms with Crippen molar-refractivity contribution in [1.29, 1.82) is 0 Å². The summed E-state index contributed by atoms with van der Waals surface area (Å²) in [5.74, 6) is 1.54. The number of rotatable bonds is 4. The van der Waals surface area contributed by atoms with Crippen LogP contribution in [-0.2, 0) is 11.3 Å². The summed E-state index contributed by atoms with van der Waals surface area (Å²) in [6.45, 7) is 7.34. The molecule has 3 rings (SSSR count). The Hall–Kier alpha value is -2.50. The lowest BCUT2D eigenvalue weighted by molar-refractivity contribution is -0.132. The van der Waals surface area contributed by atoms with Crippen molar-refractivity contribution in [2.45, 2.75) is 33.4 Å². The highest BCUT2D eigenvalue weighted by Crippen LogP contribution is 2.33. The van der Waals surface area contributed by atoms with Crippen molar-refractivity contribution in [1.82, 2.24) is 14.5 Å². The molecule has 6 heteroatoms. The molecular weight excluding hydrogens is 306 g/mol. The molecular formula is C18H23N3O3. The SMILES string of the molecule is Cc1ncn(CC(=O)N(C)C(C)c2ccc3c(c2)OCCO3)c1C. The van der Waals surface area contributed by atoms with Crippen LogP contribution in [0, 0.1) is 13.8 Å². The average molecular weight is 329 g/mol. The highest BCUT2D eigenvalue weighted by atomic mass is 16.6. The number of ether oxygens (including phenoxy) is 2. The molecule has 24 heavy (non-hydrogen) atoms. The number of hydrogen-bond acceptors (Lipinski definition) is 4. The number of nitrogens with zero attached hydrogens (tertiary/aromatic N) is 3. The van der Waals surface area contributed by atoms with Crippen molar-refractivity contribution in [3.8, 4) is 11.5 Å². The maximum atomic E-state index is 12.6. The first-order valence-electron chi connectivity index (χ1n) is 8.11. The minimum absolute atomic E-state index is 0.0397. The molecule has 1 aliphatic heterocycles. The summed E-state index contributed by atoms with van der Waals surface area (Å²) in [4.78, 5) is 18.6. The minimum atomic E-state index is -0.0572. The Labute approximate surface area is 142 Å². The first kappa shape index (κ1) is 16.4. The maximum absolute atomic E-state index is 12.6. The van der Waals surface area contributed by atoms with Crippen LogP contribution in [0.1, 0.15) is 29.9 Å². The number of benzene rings is 1. The molecule has 0 saturated carbocycles. The summed E-state index contributed by atoms with van der Waals surface area (Å²) in [6.07, 6.45) is 1.71. The van der Waals surface area contributed by atoms with Gasteiger partial charge in [0.1, 0.15) is 19.8 Å². The Balaban J connectivity index is 1.73. The summed E-state index contributed by atoms with van der Waals surface area (Å²) in [5, 5.41) is 0. The molecule has 0 spiro atoms. The van der Waals surface area contributed by atoms with E-state index in [1.54, 1.807) is 11.2 Å². The normalized spacial score (nSPS) is 14.3. The van der Waals surface area contributed by atoms with Crippen molar-refractivity contribution in [2.75, 3.05) is 20.3 Å². The molecule has 0 saturated heterocycles. The largest absolute Gasteiger partial charge is 0.486 e. The fraction of sp³-hybridized carbons (Fsp3) is 0.444. The van der Waals surface area contributed by atoms with E-state index in [-0.39, 0.29) is 18.5 Å². The van der Waals surface area contributed by atoms with Crippen LogP contribution in [0.5, 0.6) is 11.5 Å². The van der Waals surface area contributed by atoms with Gasteiger partial charge in [0.15, 0.2) is 11.5 Å². The van der Waals surface area contributed by atoms with Gasteiger partial charge >= 0.3 is 0 Å². The average Bonchev–Trinajstić information content (AvgIpc) is 2.92. The van der Waals surface area contributed by atoms with Crippen molar-refractivity contribution >= 4 is 5.91 Å². The topological polar surface area (TPSA) is 56.6 Å². The number of aromatic nitrogens is 2. The Morgan fingerprint density at radius 2 is 2.00 bits per heavy atom. The van der Waals surface area contributed by atoms with Gasteiger partial charge < -0.3 is 18.9 Å². The maximum Gasteiger partial charge on any atom is 0.242 e. The highest BCUT2D eigenvalue weighted by Gasteiger charge is 2.21. The van der Waals surface area contributed by atoms with Crippen LogP contribution in [0.3, 0.4) is 0 Å². The van der Waals surface area contributed by atoms with Gasteiger partial charge in [0.25, 0.3) is 0 Å². The molecule has 1 atom stereocenters. The van der Waals surface area contributed by atoms with E-state index in [9.17, 15) is 4.79 Å². The van der Waals surface area contributed by atoms with Gasteiger partial charge in [-0.3, -0.25) is 4.79 Å². The third-order valence-corrected chi connectivity index (χ3v) is 4.67. The second kappa shape index (κ2) is 6.55. The van der Waals surface area contributed by atoms with Gasteiger partial charge in [0.05, 0.1) is 18.1 Å². The Morgan fingerprint density at radius 1 is 1.29 bits per heavy atom. The molecule has 2 heterocycles. The smallest absolute Gasteiger partial charge is 0.242 e. The van der Waals surface area contributed by atoms with E-state index in [1.165, 1.54) is 0 Å². The van der Waals surface area contributed by atoms with Crippen molar-refractivity contribution in [3.05, 3.63) is 41.5 Å². The predicted octanol–water partition coefficient (Wildman–Crippen LogP) is 2.49. The van der Waals surface area contributed by atoms with Crippen LogP contribution >= 0.6 is 0 Å². The zero-order valence-electron chi connectivity index (χ0n) is 14.6. The number of carbonyl (C=O) groups excluding carboxylic acids is 1. The van der Waals surface area contributed by atoms with Crippen LogP contribution in [0.15, 0.2) is 24.5 Å². The first-order chi connectivity index (χ1) is 11.5. The number of fused-ring (bicyclic) bond motifs is 1. The number of imidazole rings is 1. The van der Waals surface area contributed by atoms with Gasteiger partial charge in [-0.15, -0.1) is 0 Å². The zero-order valence-corrected chi connectivity index (χ0v) is 14.6. The summed E-state index contributed by atoms with van der Waals surface area (Å²) in [7, 11) is 1.82.